The van der Waals surface area contributed by atoms with Gasteiger partial charge in [0.25, 0.3) is 10.1 Å². The molecule has 260 valence electrons. The molecule has 2 aliphatic rings. The van der Waals surface area contributed by atoms with E-state index in [2.05, 4.69) is 102 Å². The van der Waals surface area contributed by atoms with Crippen molar-refractivity contribution in [2.75, 3.05) is 31.1 Å². The van der Waals surface area contributed by atoms with E-state index in [1.807, 2.05) is 24.3 Å². The Bertz CT molecular complexity index is 1850. The van der Waals surface area contributed by atoms with Crippen LogP contribution in [0.4, 0.5) is 11.4 Å². The van der Waals surface area contributed by atoms with Gasteiger partial charge < -0.3 is 10.2 Å². The molecule has 0 saturated heterocycles. The van der Waals surface area contributed by atoms with Crippen LogP contribution < -0.4 is 10.2 Å². The zero-order valence-corrected chi connectivity index (χ0v) is 30.1. The SMILES string of the molecule is CCN1C(=CC=CC=CC=CC2=[N+](CCCCCC(=O)NCCCN=[N+]=[N-])c3ccc(S(=O)(=O)O)cc3C2(C)C)C(C)(C)c2ccccc21. The lowest BCUT2D eigenvalue weighted by Crippen LogP contribution is -2.28. The smallest absolute Gasteiger partial charge is 0.294 e. The molecule has 2 aromatic rings. The molecule has 11 heteroatoms. The minimum atomic E-state index is -4.35. The Labute approximate surface area is 291 Å². The number of benzene rings is 2. The lowest BCUT2D eigenvalue weighted by molar-refractivity contribution is -0.438. The predicted molar refractivity (Wildman–Crippen MR) is 197 cm³/mol. The Morgan fingerprint density at radius 1 is 0.980 bits per heavy atom. The van der Waals surface area contributed by atoms with E-state index in [1.165, 1.54) is 23.0 Å². The number of rotatable bonds is 16. The molecule has 49 heavy (non-hydrogen) atoms. The summed E-state index contributed by atoms with van der Waals surface area (Å²) in [7, 11) is -4.35. The van der Waals surface area contributed by atoms with E-state index in [9.17, 15) is 17.8 Å². The minimum absolute atomic E-state index is 0.0155. The maximum atomic E-state index is 12.2. The van der Waals surface area contributed by atoms with Gasteiger partial charge in [-0.3, -0.25) is 9.35 Å². The molecule has 0 fully saturated rings. The molecule has 10 nitrogen and oxygen atoms in total. The first-order chi connectivity index (χ1) is 23.3. The van der Waals surface area contributed by atoms with Gasteiger partial charge in [-0.05, 0) is 75.4 Å². The van der Waals surface area contributed by atoms with Crippen molar-refractivity contribution in [3.63, 3.8) is 0 Å². The first-order valence-corrected chi connectivity index (χ1v) is 18.4. The van der Waals surface area contributed by atoms with Crippen molar-refractivity contribution in [2.24, 2.45) is 5.11 Å². The Balaban J connectivity index is 1.46. The summed E-state index contributed by atoms with van der Waals surface area (Å²) in [4.78, 5) is 17.1. The Morgan fingerprint density at radius 3 is 2.45 bits per heavy atom. The first kappa shape index (κ1) is 37.4. The number of carbonyl (C=O) groups excluding carboxylic acids is 1. The van der Waals surface area contributed by atoms with Crippen LogP contribution in [0.15, 0.2) is 101 Å². The second-order valence-corrected chi connectivity index (χ2v) is 14.8. The predicted octanol–water partition coefficient (Wildman–Crippen LogP) is 8.06. The van der Waals surface area contributed by atoms with Gasteiger partial charge in [0.2, 0.25) is 11.6 Å². The third-order valence-electron chi connectivity index (χ3n) is 9.34. The average Bonchev–Trinajstić information content (AvgIpc) is 3.41. The summed E-state index contributed by atoms with van der Waals surface area (Å²) in [6, 6.07) is 13.4. The largest absolute Gasteiger partial charge is 0.356 e. The second kappa shape index (κ2) is 16.3. The highest BCUT2D eigenvalue weighted by Gasteiger charge is 2.44. The molecule has 0 bridgehead atoms. The van der Waals surface area contributed by atoms with Gasteiger partial charge in [0.1, 0.15) is 6.54 Å². The lowest BCUT2D eigenvalue weighted by atomic mass is 9.81. The minimum Gasteiger partial charge on any atom is -0.356 e. The highest BCUT2D eigenvalue weighted by Crippen LogP contribution is 2.47. The van der Waals surface area contributed by atoms with Gasteiger partial charge in [-0.1, -0.05) is 67.5 Å². The summed E-state index contributed by atoms with van der Waals surface area (Å²) in [6.45, 7) is 13.3. The third kappa shape index (κ3) is 8.78. The van der Waals surface area contributed by atoms with Crippen LogP contribution in [-0.2, 0) is 25.7 Å². The number of azide groups is 1. The summed E-state index contributed by atoms with van der Waals surface area (Å²) in [5.41, 5.74) is 14.4. The average molecular weight is 686 g/mol. The zero-order chi connectivity index (χ0) is 35.7. The molecule has 0 aliphatic carbocycles. The van der Waals surface area contributed by atoms with E-state index in [4.69, 9.17) is 5.53 Å². The number of fused-ring (bicyclic) bond motifs is 2. The molecule has 0 radical (unpaired) electrons. The molecule has 0 unspecified atom stereocenters. The van der Waals surface area contributed by atoms with Crippen molar-refractivity contribution in [3.05, 3.63) is 112 Å². The number of amides is 1. The summed E-state index contributed by atoms with van der Waals surface area (Å²) in [5.74, 6) is -0.0155. The van der Waals surface area contributed by atoms with Crippen molar-refractivity contribution in [1.82, 2.24) is 5.32 Å². The maximum absolute atomic E-state index is 12.2. The van der Waals surface area contributed by atoms with Crippen molar-refractivity contribution in [3.8, 4) is 0 Å². The van der Waals surface area contributed by atoms with E-state index < -0.39 is 15.5 Å². The van der Waals surface area contributed by atoms with Crippen molar-refractivity contribution in [2.45, 2.75) is 82.4 Å². The topological polar surface area (TPSA) is 138 Å². The van der Waals surface area contributed by atoms with Crippen LogP contribution in [0.3, 0.4) is 0 Å². The first-order valence-electron chi connectivity index (χ1n) is 17.0. The van der Waals surface area contributed by atoms with Crippen LogP contribution in [0.1, 0.15) is 77.8 Å². The molecule has 2 aromatic carbocycles. The van der Waals surface area contributed by atoms with Gasteiger partial charge in [-0.2, -0.15) is 13.0 Å². The molecule has 2 N–H and O–H groups in total. The Morgan fingerprint density at radius 2 is 1.71 bits per heavy atom. The fraction of sp³-hybridized carbons (Fsp3) is 0.421. The number of unbranched alkanes of at least 4 members (excludes halogenated alkanes) is 2. The number of hydrogen-bond acceptors (Lipinski definition) is 5. The fourth-order valence-electron chi connectivity index (χ4n) is 6.77. The van der Waals surface area contributed by atoms with Gasteiger partial charge in [0.15, 0.2) is 5.71 Å². The quantitative estimate of drug-likeness (QED) is 0.0350. The molecule has 0 atom stereocenters. The van der Waals surface area contributed by atoms with Gasteiger partial charge >= 0.3 is 0 Å². The van der Waals surface area contributed by atoms with Gasteiger partial charge in [0.05, 0.1) is 10.3 Å². The van der Waals surface area contributed by atoms with Crippen LogP contribution in [0.2, 0.25) is 0 Å². The molecule has 4 rings (SSSR count). The summed E-state index contributed by atoms with van der Waals surface area (Å²) < 4.78 is 35.9. The summed E-state index contributed by atoms with van der Waals surface area (Å²) in [6.07, 6.45) is 17.8. The number of anilines is 1. The standard InChI is InChI=1S/C38H48N6O4S/c1-6-43-32-19-15-14-18-30(32)37(2,3)34(43)20-11-8-7-9-12-21-35-38(4,5)31-28-29(49(46,47)48)23-24-33(31)44(35)27-16-10-13-22-36(45)40-25-17-26-41-42-39/h7-9,11-12,14-15,18-21,23-24,28H,6,10,13,16-17,22,25-27H2,1-5H3,(H-,40,45,46,47,48)/p+1. The molecular weight excluding hydrogens is 637 g/mol. The summed E-state index contributed by atoms with van der Waals surface area (Å²) >= 11 is 0. The van der Waals surface area contributed by atoms with Crippen molar-refractivity contribution < 1.29 is 22.3 Å². The number of hydrogen-bond donors (Lipinski definition) is 2. The molecular formula is C38H49N6O4S+. The maximum Gasteiger partial charge on any atom is 0.294 e. The van der Waals surface area contributed by atoms with E-state index in [-0.39, 0.29) is 16.2 Å². The number of allylic oxidation sites excluding steroid dienone is 8. The van der Waals surface area contributed by atoms with E-state index in [0.717, 1.165) is 42.8 Å². The normalized spacial score (nSPS) is 17.3. The summed E-state index contributed by atoms with van der Waals surface area (Å²) in [5, 5.41) is 6.33. The van der Waals surface area contributed by atoms with Crippen molar-refractivity contribution in [1.29, 1.82) is 0 Å². The number of nitrogens with one attached hydrogen (secondary N) is 1. The van der Waals surface area contributed by atoms with E-state index in [0.29, 0.717) is 32.5 Å². The zero-order valence-electron chi connectivity index (χ0n) is 29.3. The van der Waals surface area contributed by atoms with Gasteiger partial charge in [0, 0.05) is 71.9 Å². The van der Waals surface area contributed by atoms with Crippen LogP contribution in [0.25, 0.3) is 10.4 Å². The molecule has 0 aromatic heterocycles. The van der Waals surface area contributed by atoms with Gasteiger partial charge in [-0.25, -0.2) is 0 Å². The van der Waals surface area contributed by atoms with Gasteiger partial charge in [-0.15, -0.1) is 0 Å². The van der Waals surface area contributed by atoms with Crippen LogP contribution in [0, 0.1) is 0 Å². The van der Waals surface area contributed by atoms with E-state index >= 15 is 0 Å². The molecule has 2 aliphatic heterocycles. The second-order valence-electron chi connectivity index (χ2n) is 13.4. The molecule has 1 amide bonds. The molecule has 0 saturated carbocycles. The van der Waals surface area contributed by atoms with Crippen molar-refractivity contribution >= 4 is 33.1 Å². The van der Waals surface area contributed by atoms with Crippen LogP contribution in [0.5, 0.6) is 0 Å². The number of nitrogens with zero attached hydrogens (tertiary/aromatic N) is 5. The molecule has 0 spiro atoms. The number of carbonyl (C=O) groups is 1. The van der Waals surface area contributed by atoms with Crippen LogP contribution >= 0.6 is 0 Å². The lowest BCUT2D eigenvalue weighted by Gasteiger charge is -2.25. The molecule has 2 heterocycles. The Kier molecular flexibility index (Phi) is 12.4. The fourth-order valence-corrected chi connectivity index (χ4v) is 7.27. The highest BCUT2D eigenvalue weighted by atomic mass is 32.2. The monoisotopic (exact) mass is 685 g/mol. The van der Waals surface area contributed by atoms with Crippen LogP contribution in [-0.4, -0.2) is 55.3 Å². The van der Waals surface area contributed by atoms with E-state index in [1.54, 1.807) is 12.1 Å². The highest BCUT2D eigenvalue weighted by molar-refractivity contribution is 7.85. The Hall–Kier alpha value is -4.44. The third-order valence-corrected chi connectivity index (χ3v) is 10.2. The number of likely N-dealkylation sites (N-methyl/N-ethyl adjacent to an activating group) is 1. The number of para-hydroxylation sites is 1.